The summed E-state index contributed by atoms with van der Waals surface area (Å²) in [7, 11) is 0. The van der Waals surface area contributed by atoms with Gasteiger partial charge in [-0.3, -0.25) is 4.79 Å². The fraction of sp³-hybridized carbons (Fsp3) is 0.632. The van der Waals surface area contributed by atoms with Gasteiger partial charge in [0.15, 0.2) is 0 Å². The quantitative estimate of drug-likeness (QED) is 0.900. The number of carbonyl (C=O) groups is 1. The number of piperidine rings is 1. The highest BCUT2D eigenvalue weighted by Gasteiger charge is 2.30. The number of hydrogen-bond donors (Lipinski definition) is 1. The van der Waals surface area contributed by atoms with Crippen LogP contribution in [0, 0.1) is 5.92 Å². The lowest BCUT2D eigenvalue weighted by atomic mass is 9.88. The molecule has 2 saturated heterocycles. The summed E-state index contributed by atoms with van der Waals surface area (Å²) in [5, 5.41) is 3.63. The second-order valence-corrected chi connectivity index (χ2v) is 7.17. The van der Waals surface area contributed by atoms with Crippen LogP contribution >= 0.6 is 12.4 Å². The van der Waals surface area contributed by atoms with Gasteiger partial charge < -0.3 is 10.2 Å². The molecule has 23 heavy (non-hydrogen) atoms. The fourth-order valence-corrected chi connectivity index (χ4v) is 4.51. The second-order valence-electron chi connectivity index (χ2n) is 7.17. The van der Waals surface area contributed by atoms with Crippen molar-refractivity contribution in [2.75, 3.05) is 19.6 Å². The first kappa shape index (κ1) is 16.8. The van der Waals surface area contributed by atoms with E-state index in [1.54, 1.807) is 0 Å². The summed E-state index contributed by atoms with van der Waals surface area (Å²) in [6.45, 7) is 3.04. The minimum atomic E-state index is 0. The van der Waals surface area contributed by atoms with E-state index in [1.165, 1.54) is 43.4 Å². The smallest absolute Gasteiger partial charge is 0.253 e. The lowest BCUT2D eigenvalue weighted by molar-refractivity contribution is 0.0674. The molecule has 4 heteroatoms. The van der Waals surface area contributed by atoms with Crippen molar-refractivity contribution in [3.05, 3.63) is 34.9 Å². The van der Waals surface area contributed by atoms with Gasteiger partial charge in [0.2, 0.25) is 0 Å². The van der Waals surface area contributed by atoms with Gasteiger partial charge in [0.25, 0.3) is 5.91 Å². The zero-order valence-corrected chi connectivity index (χ0v) is 14.5. The molecule has 0 spiro atoms. The van der Waals surface area contributed by atoms with E-state index in [2.05, 4.69) is 22.3 Å². The lowest BCUT2D eigenvalue weighted by Crippen LogP contribution is -2.43. The van der Waals surface area contributed by atoms with Gasteiger partial charge in [0.05, 0.1) is 0 Å². The van der Waals surface area contributed by atoms with Crippen molar-refractivity contribution in [1.29, 1.82) is 0 Å². The third kappa shape index (κ3) is 3.41. The van der Waals surface area contributed by atoms with Crippen molar-refractivity contribution >= 4 is 18.3 Å². The van der Waals surface area contributed by atoms with Gasteiger partial charge in [-0.15, -0.1) is 12.4 Å². The van der Waals surface area contributed by atoms with E-state index in [1.807, 2.05) is 6.07 Å². The number of amides is 1. The van der Waals surface area contributed by atoms with E-state index in [9.17, 15) is 4.79 Å². The number of nitrogens with one attached hydrogen (secondary N) is 1. The maximum atomic E-state index is 12.7. The van der Waals surface area contributed by atoms with Crippen molar-refractivity contribution in [2.45, 2.75) is 51.0 Å². The van der Waals surface area contributed by atoms with E-state index in [0.717, 1.165) is 43.8 Å². The highest BCUT2D eigenvalue weighted by Crippen LogP contribution is 2.27. The molecule has 1 aliphatic carbocycles. The first-order valence-electron chi connectivity index (χ1n) is 8.96. The summed E-state index contributed by atoms with van der Waals surface area (Å²) in [6, 6.07) is 7.06. The largest absolute Gasteiger partial charge is 0.339 e. The third-order valence-corrected chi connectivity index (χ3v) is 5.84. The topological polar surface area (TPSA) is 32.3 Å². The van der Waals surface area contributed by atoms with Crippen LogP contribution in [-0.2, 0) is 12.8 Å². The van der Waals surface area contributed by atoms with Crippen LogP contribution in [0.5, 0.6) is 0 Å². The Morgan fingerprint density at radius 3 is 2.57 bits per heavy atom. The van der Waals surface area contributed by atoms with Crippen LogP contribution in [-0.4, -0.2) is 36.5 Å². The van der Waals surface area contributed by atoms with Crippen LogP contribution < -0.4 is 5.32 Å². The van der Waals surface area contributed by atoms with Crippen molar-refractivity contribution in [3.63, 3.8) is 0 Å². The molecule has 1 N–H and O–H groups in total. The number of hydrogen-bond acceptors (Lipinski definition) is 2. The molecule has 1 atom stereocenters. The predicted octanol–water partition coefficient (Wildman–Crippen LogP) is 3.20. The van der Waals surface area contributed by atoms with E-state index < -0.39 is 0 Å². The summed E-state index contributed by atoms with van der Waals surface area (Å²) < 4.78 is 0. The highest BCUT2D eigenvalue weighted by atomic mass is 35.5. The Hall–Kier alpha value is -1.06. The third-order valence-electron chi connectivity index (χ3n) is 5.84. The van der Waals surface area contributed by atoms with Gasteiger partial charge >= 0.3 is 0 Å². The second kappa shape index (κ2) is 7.23. The van der Waals surface area contributed by atoms with Crippen LogP contribution in [0.2, 0.25) is 0 Å². The van der Waals surface area contributed by atoms with Crippen LogP contribution in [0.3, 0.4) is 0 Å². The molecule has 1 aromatic carbocycles. The summed E-state index contributed by atoms with van der Waals surface area (Å²) in [5.41, 5.74) is 3.75. The molecule has 1 amide bonds. The highest BCUT2D eigenvalue weighted by molar-refractivity contribution is 5.94. The van der Waals surface area contributed by atoms with Gasteiger partial charge in [-0.25, -0.2) is 0 Å². The monoisotopic (exact) mass is 334 g/mol. The Labute approximate surface area is 145 Å². The number of fused-ring (bicyclic) bond motifs is 1. The average molecular weight is 335 g/mol. The maximum Gasteiger partial charge on any atom is 0.253 e. The number of halogens is 1. The van der Waals surface area contributed by atoms with Gasteiger partial charge in [-0.1, -0.05) is 6.07 Å². The SMILES string of the molecule is Cl.O=C(c1ccc2c(c1)CCC2)N1CCC(C2CCCN2)CC1. The number of rotatable bonds is 2. The molecule has 4 rings (SSSR count). The first-order valence-corrected chi connectivity index (χ1v) is 8.96. The van der Waals surface area contributed by atoms with E-state index in [0.29, 0.717) is 6.04 Å². The summed E-state index contributed by atoms with van der Waals surface area (Å²) in [5.74, 6) is 1.01. The van der Waals surface area contributed by atoms with Crippen LogP contribution in [0.4, 0.5) is 0 Å². The molecule has 2 aliphatic heterocycles. The molecule has 1 aromatic rings. The predicted molar refractivity (Wildman–Crippen MR) is 95.4 cm³/mol. The molecule has 2 heterocycles. The van der Waals surface area contributed by atoms with Gasteiger partial charge in [-0.2, -0.15) is 0 Å². The number of aryl methyl sites for hydroxylation is 2. The Bertz CT molecular complexity index is 560. The fourth-order valence-electron chi connectivity index (χ4n) is 4.51. The lowest BCUT2D eigenvalue weighted by Gasteiger charge is -2.35. The number of nitrogens with zero attached hydrogens (tertiary/aromatic N) is 1. The van der Waals surface area contributed by atoms with E-state index >= 15 is 0 Å². The Morgan fingerprint density at radius 1 is 1.04 bits per heavy atom. The standard InChI is InChI=1S/C19H26N2O.ClH/c22-19(17-7-6-14-3-1-4-16(14)13-17)21-11-8-15(9-12-21)18-5-2-10-20-18;/h6-7,13,15,18,20H,1-5,8-12H2;1H. The molecule has 0 aromatic heterocycles. The van der Waals surface area contributed by atoms with Crippen molar-refractivity contribution in [3.8, 4) is 0 Å². The van der Waals surface area contributed by atoms with Crippen molar-refractivity contribution in [2.24, 2.45) is 5.92 Å². The molecule has 3 nitrogen and oxygen atoms in total. The first-order chi connectivity index (χ1) is 10.8. The molecule has 0 radical (unpaired) electrons. The zero-order chi connectivity index (χ0) is 14.9. The Kier molecular flexibility index (Phi) is 5.27. The molecule has 1 unspecified atom stereocenters. The number of likely N-dealkylation sites (tertiary alicyclic amines) is 1. The minimum Gasteiger partial charge on any atom is -0.339 e. The Morgan fingerprint density at radius 2 is 1.83 bits per heavy atom. The molecule has 2 fully saturated rings. The molecule has 126 valence electrons. The maximum absolute atomic E-state index is 12.7. The molecule has 0 bridgehead atoms. The number of benzene rings is 1. The van der Waals surface area contributed by atoms with E-state index in [-0.39, 0.29) is 18.3 Å². The van der Waals surface area contributed by atoms with E-state index in [4.69, 9.17) is 0 Å². The zero-order valence-electron chi connectivity index (χ0n) is 13.7. The van der Waals surface area contributed by atoms with Gasteiger partial charge in [0, 0.05) is 24.7 Å². The van der Waals surface area contributed by atoms with Gasteiger partial charge in [0.1, 0.15) is 0 Å². The summed E-state index contributed by atoms with van der Waals surface area (Å²) in [4.78, 5) is 14.8. The van der Waals surface area contributed by atoms with Gasteiger partial charge in [-0.05, 0) is 80.7 Å². The molecular weight excluding hydrogens is 308 g/mol. The molecule has 0 saturated carbocycles. The average Bonchev–Trinajstić information content (AvgIpc) is 3.25. The number of carbonyl (C=O) groups excluding carboxylic acids is 1. The van der Waals surface area contributed by atoms with Crippen LogP contribution in [0.15, 0.2) is 18.2 Å². The summed E-state index contributed by atoms with van der Waals surface area (Å²) in [6.07, 6.45) is 8.54. The summed E-state index contributed by atoms with van der Waals surface area (Å²) >= 11 is 0. The van der Waals surface area contributed by atoms with Crippen molar-refractivity contribution in [1.82, 2.24) is 10.2 Å². The molecular formula is C19H27ClN2O. The van der Waals surface area contributed by atoms with Crippen molar-refractivity contribution < 1.29 is 4.79 Å². The minimum absolute atomic E-state index is 0. The Balaban J connectivity index is 0.00000156. The molecule has 3 aliphatic rings. The van der Waals surface area contributed by atoms with Crippen LogP contribution in [0.25, 0.3) is 0 Å². The normalized spacial score (nSPS) is 24.3. The van der Waals surface area contributed by atoms with Crippen LogP contribution in [0.1, 0.15) is 53.6 Å².